The molecule has 25 heavy (non-hydrogen) atoms. The number of nitrogens with one attached hydrogen (secondary N) is 1. The standard InChI is InChI=1S/C17H24N6OS/c1-22-15(24)9-8-14(20-22)23-10-3-2-7-13(23)11-18-17-19-16(21-25-17)12-5-4-6-12/h8-9,12-13H,2-7,10-11H2,1H3,(H,18,19,21). The molecular formula is C17H24N6OS. The second kappa shape index (κ2) is 7.11. The minimum atomic E-state index is -0.0761. The quantitative estimate of drug-likeness (QED) is 0.882. The van der Waals surface area contributed by atoms with Crippen LogP contribution in [-0.2, 0) is 7.05 Å². The van der Waals surface area contributed by atoms with Gasteiger partial charge >= 0.3 is 0 Å². The molecule has 0 aromatic carbocycles. The maximum absolute atomic E-state index is 11.6. The van der Waals surface area contributed by atoms with Crippen molar-refractivity contribution in [3.63, 3.8) is 0 Å². The molecule has 2 aliphatic rings. The van der Waals surface area contributed by atoms with E-state index >= 15 is 0 Å². The highest BCUT2D eigenvalue weighted by atomic mass is 32.1. The maximum atomic E-state index is 11.6. The van der Waals surface area contributed by atoms with E-state index in [-0.39, 0.29) is 5.56 Å². The predicted molar refractivity (Wildman–Crippen MR) is 99.5 cm³/mol. The third kappa shape index (κ3) is 3.53. The van der Waals surface area contributed by atoms with Gasteiger partial charge in [0.2, 0.25) is 5.13 Å². The average molecular weight is 360 g/mol. The SMILES string of the molecule is Cn1nc(N2CCCCC2CNc2nc(C3CCC3)ns2)ccc1=O. The molecule has 2 aromatic rings. The van der Waals surface area contributed by atoms with Crippen LogP contribution in [0.3, 0.4) is 0 Å². The molecule has 3 heterocycles. The van der Waals surface area contributed by atoms with Crippen molar-refractivity contribution in [1.82, 2.24) is 19.1 Å². The molecular weight excluding hydrogens is 336 g/mol. The van der Waals surface area contributed by atoms with E-state index in [4.69, 9.17) is 0 Å². The van der Waals surface area contributed by atoms with Gasteiger partial charge in [-0.05, 0) is 38.2 Å². The molecule has 2 fully saturated rings. The fraction of sp³-hybridized carbons (Fsp3) is 0.647. The largest absolute Gasteiger partial charge is 0.358 e. The van der Waals surface area contributed by atoms with Gasteiger partial charge in [0.05, 0.1) is 0 Å². The van der Waals surface area contributed by atoms with Crippen molar-refractivity contribution in [2.45, 2.75) is 50.5 Å². The molecule has 8 heteroatoms. The summed E-state index contributed by atoms with van der Waals surface area (Å²) in [5.41, 5.74) is -0.0761. The van der Waals surface area contributed by atoms with Crippen LogP contribution in [0.4, 0.5) is 10.9 Å². The molecule has 1 aliphatic heterocycles. The van der Waals surface area contributed by atoms with E-state index in [1.54, 1.807) is 13.1 Å². The van der Waals surface area contributed by atoms with Gasteiger partial charge in [0.25, 0.3) is 5.56 Å². The van der Waals surface area contributed by atoms with Crippen LogP contribution in [0.25, 0.3) is 0 Å². The number of aryl methyl sites for hydroxylation is 1. The van der Waals surface area contributed by atoms with Crippen LogP contribution >= 0.6 is 11.5 Å². The summed E-state index contributed by atoms with van der Waals surface area (Å²) >= 11 is 1.47. The van der Waals surface area contributed by atoms with Crippen molar-refractivity contribution in [2.75, 3.05) is 23.3 Å². The first-order valence-electron chi connectivity index (χ1n) is 9.09. The van der Waals surface area contributed by atoms with E-state index in [1.165, 1.54) is 41.9 Å². The summed E-state index contributed by atoms with van der Waals surface area (Å²) in [4.78, 5) is 18.6. The molecule has 4 rings (SSSR count). The highest BCUT2D eigenvalue weighted by molar-refractivity contribution is 7.09. The second-order valence-corrected chi connectivity index (χ2v) is 7.71. The topological polar surface area (TPSA) is 75.9 Å². The molecule has 134 valence electrons. The Labute approximate surface area is 151 Å². The summed E-state index contributed by atoms with van der Waals surface area (Å²) in [7, 11) is 1.70. The molecule has 1 aliphatic carbocycles. The van der Waals surface area contributed by atoms with Crippen molar-refractivity contribution >= 4 is 22.5 Å². The van der Waals surface area contributed by atoms with Crippen molar-refractivity contribution < 1.29 is 0 Å². The summed E-state index contributed by atoms with van der Waals surface area (Å²) in [6.07, 6.45) is 7.25. The molecule has 0 spiro atoms. The summed E-state index contributed by atoms with van der Waals surface area (Å²) < 4.78 is 5.91. The van der Waals surface area contributed by atoms with Crippen molar-refractivity contribution in [3.05, 3.63) is 28.3 Å². The number of rotatable bonds is 5. The minimum absolute atomic E-state index is 0.0761. The Morgan fingerprint density at radius 2 is 2.12 bits per heavy atom. The maximum Gasteiger partial charge on any atom is 0.266 e. The van der Waals surface area contributed by atoms with Gasteiger partial charge in [0, 0.05) is 49.7 Å². The highest BCUT2D eigenvalue weighted by Crippen LogP contribution is 2.35. The van der Waals surface area contributed by atoms with Crippen LogP contribution in [0.5, 0.6) is 0 Å². The van der Waals surface area contributed by atoms with Crippen LogP contribution in [0, 0.1) is 0 Å². The molecule has 1 saturated heterocycles. The highest BCUT2D eigenvalue weighted by Gasteiger charge is 2.26. The molecule has 0 radical (unpaired) electrons. The number of nitrogens with zero attached hydrogens (tertiary/aromatic N) is 5. The van der Waals surface area contributed by atoms with Crippen LogP contribution in [0.2, 0.25) is 0 Å². The van der Waals surface area contributed by atoms with Crippen LogP contribution in [0.15, 0.2) is 16.9 Å². The van der Waals surface area contributed by atoms with Crippen molar-refractivity contribution in [3.8, 4) is 0 Å². The molecule has 7 nitrogen and oxygen atoms in total. The van der Waals surface area contributed by atoms with E-state index in [9.17, 15) is 4.79 Å². The summed E-state index contributed by atoms with van der Waals surface area (Å²) in [6, 6.07) is 3.78. The third-order valence-electron chi connectivity index (χ3n) is 5.27. The minimum Gasteiger partial charge on any atom is -0.358 e. The zero-order chi connectivity index (χ0) is 17.2. The van der Waals surface area contributed by atoms with Gasteiger partial charge in [-0.3, -0.25) is 4.79 Å². The first kappa shape index (κ1) is 16.5. The monoisotopic (exact) mass is 360 g/mol. The lowest BCUT2D eigenvalue weighted by Crippen LogP contribution is -2.44. The molecule has 2 aromatic heterocycles. The van der Waals surface area contributed by atoms with E-state index in [2.05, 4.69) is 24.7 Å². The summed E-state index contributed by atoms with van der Waals surface area (Å²) in [6.45, 7) is 1.80. The number of hydrogen-bond donors (Lipinski definition) is 1. The van der Waals surface area contributed by atoms with Crippen molar-refractivity contribution in [1.29, 1.82) is 0 Å². The average Bonchev–Trinajstić information content (AvgIpc) is 3.02. The molecule has 0 bridgehead atoms. The zero-order valence-electron chi connectivity index (χ0n) is 14.5. The fourth-order valence-electron chi connectivity index (χ4n) is 3.50. The normalized spacial score (nSPS) is 21.2. The molecule has 1 unspecified atom stereocenters. The Morgan fingerprint density at radius 1 is 1.24 bits per heavy atom. The van der Waals surface area contributed by atoms with E-state index in [1.807, 2.05) is 6.07 Å². The summed E-state index contributed by atoms with van der Waals surface area (Å²) in [5, 5.41) is 8.81. The Kier molecular flexibility index (Phi) is 4.70. The van der Waals surface area contributed by atoms with Gasteiger partial charge in [-0.1, -0.05) is 6.42 Å². The van der Waals surface area contributed by atoms with E-state index < -0.39 is 0 Å². The Morgan fingerprint density at radius 3 is 2.88 bits per heavy atom. The smallest absolute Gasteiger partial charge is 0.266 e. The lowest BCUT2D eigenvalue weighted by molar-refractivity contribution is 0.405. The van der Waals surface area contributed by atoms with E-state index in [0.717, 1.165) is 42.7 Å². The van der Waals surface area contributed by atoms with Crippen molar-refractivity contribution in [2.24, 2.45) is 7.05 Å². The first-order chi connectivity index (χ1) is 12.2. The molecule has 1 atom stereocenters. The Bertz CT molecular complexity index is 783. The van der Waals surface area contributed by atoms with Crippen LogP contribution in [-0.4, -0.2) is 38.3 Å². The van der Waals surface area contributed by atoms with Crippen LogP contribution in [0.1, 0.15) is 50.3 Å². The lowest BCUT2D eigenvalue weighted by Gasteiger charge is -2.36. The van der Waals surface area contributed by atoms with Crippen LogP contribution < -0.4 is 15.8 Å². The number of anilines is 2. The summed E-state index contributed by atoms with van der Waals surface area (Å²) in [5.74, 6) is 2.47. The Balaban J connectivity index is 1.43. The molecule has 1 N–H and O–H groups in total. The zero-order valence-corrected chi connectivity index (χ0v) is 15.3. The van der Waals surface area contributed by atoms with Gasteiger partial charge < -0.3 is 10.2 Å². The predicted octanol–water partition coefficient (Wildman–Crippen LogP) is 2.37. The number of piperidine rings is 1. The molecule has 0 amide bonds. The van der Waals surface area contributed by atoms with Gasteiger partial charge in [0.15, 0.2) is 0 Å². The number of aromatic nitrogens is 4. The third-order valence-corrected chi connectivity index (χ3v) is 5.96. The number of hydrogen-bond acceptors (Lipinski definition) is 7. The fourth-order valence-corrected chi connectivity index (χ4v) is 4.15. The second-order valence-electron chi connectivity index (χ2n) is 6.96. The van der Waals surface area contributed by atoms with Gasteiger partial charge in [-0.25, -0.2) is 9.67 Å². The molecule has 1 saturated carbocycles. The first-order valence-corrected chi connectivity index (χ1v) is 9.86. The van der Waals surface area contributed by atoms with Gasteiger partial charge in [-0.2, -0.15) is 9.47 Å². The van der Waals surface area contributed by atoms with Gasteiger partial charge in [0.1, 0.15) is 11.6 Å². The van der Waals surface area contributed by atoms with E-state index in [0.29, 0.717) is 12.0 Å². The lowest BCUT2D eigenvalue weighted by atomic mass is 9.85. The van der Waals surface area contributed by atoms with Gasteiger partial charge in [-0.15, -0.1) is 0 Å². The Hall–Kier alpha value is -1.96.